The van der Waals surface area contributed by atoms with E-state index in [1.54, 1.807) is 55.6 Å². The molecule has 4 aromatic rings. The minimum Gasteiger partial charge on any atom is -0.497 e. The molecule has 4 amide bonds. The number of rotatable bonds is 16. The second-order valence-electron chi connectivity index (χ2n) is 11.1. The highest BCUT2D eigenvalue weighted by atomic mass is 33.2. The molecule has 0 aliphatic carbocycles. The molecule has 12 heteroatoms. The third-order valence-electron chi connectivity index (χ3n) is 7.81. The zero-order valence-corrected chi connectivity index (χ0v) is 30.1. The summed E-state index contributed by atoms with van der Waals surface area (Å²) in [4.78, 5) is 54.7. The fourth-order valence-corrected chi connectivity index (χ4v) is 9.58. The third kappa shape index (κ3) is 11.0. The predicted molar refractivity (Wildman–Crippen MR) is 202 cm³/mol. The summed E-state index contributed by atoms with van der Waals surface area (Å²) in [6, 6.07) is 31.7. The molecule has 2 unspecified atom stereocenters. The molecule has 0 fully saturated rings. The summed E-state index contributed by atoms with van der Waals surface area (Å²) in [6.45, 7) is 2.54. The van der Waals surface area contributed by atoms with Crippen molar-refractivity contribution in [2.75, 3.05) is 38.8 Å². The third-order valence-corrected chi connectivity index (χ3v) is 13.8. The maximum atomic E-state index is 14.0. The first-order valence-corrected chi connectivity index (χ1v) is 19.6. The van der Waals surface area contributed by atoms with Crippen molar-refractivity contribution in [2.24, 2.45) is 0 Å². The molecule has 0 bridgehead atoms. The normalized spacial score (nSPS) is 13.1. The van der Waals surface area contributed by atoms with Crippen molar-refractivity contribution in [1.29, 1.82) is 0 Å². The van der Waals surface area contributed by atoms with E-state index in [-0.39, 0.29) is 16.7 Å². The number of ether oxygens (including phenoxy) is 2. The van der Waals surface area contributed by atoms with Gasteiger partial charge in [0.25, 0.3) is 17.1 Å². The molecule has 0 spiro atoms. The van der Waals surface area contributed by atoms with Gasteiger partial charge in [0.2, 0.25) is 5.91 Å². The second-order valence-corrected chi connectivity index (χ2v) is 16.6. The van der Waals surface area contributed by atoms with E-state index < -0.39 is 33.0 Å². The van der Waals surface area contributed by atoms with Crippen LogP contribution in [0.4, 0.5) is 4.79 Å². The van der Waals surface area contributed by atoms with Crippen molar-refractivity contribution in [1.82, 2.24) is 20.7 Å². The highest BCUT2D eigenvalue weighted by Crippen LogP contribution is 2.57. The highest BCUT2D eigenvalue weighted by molar-refractivity contribution is 8.99. The smallest absolute Gasteiger partial charge is 0.287 e. The molecule has 0 radical (unpaired) electrons. The molecule has 0 aliphatic rings. The molecular formula is C38H44N4O6S2. The summed E-state index contributed by atoms with van der Waals surface area (Å²) >= 11 is 0. The SMILES string of the molecule is CCS(NC(=O)c1ccc(OC)cc1)(SCC(NC(=O)c1ccc(OC)cc1)C(=O)NCCc1ccccc1)C(=O)NCCc1ccccc1. The average molecular weight is 717 g/mol. The monoisotopic (exact) mass is 716 g/mol. The van der Waals surface area contributed by atoms with Crippen LogP contribution < -0.4 is 30.1 Å². The van der Waals surface area contributed by atoms with E-state index in [1.807, 2.05) is 67.6 Å². The van der Waals surface area contributed by atoms with Gasteiger partial charge < -0.3 is 25.4 Å². The summed E-state index contributed by atoms with van der Waals surface area (Å²) < 4.78 is 13.5. The van der Waals surface area contributed by atoms with Crippen LogP contribution in [0.2, 0.25) is 0 Å². The van der Waals surface area contributed by atoms with Gasteiger partial charge in [0.05, 0.1) is 14.2 Å². The van der Waals surface area contributed by atoms with Crippen LogP contribution in [-0.2, 0) is 17.6 Å². The van der Waals surface area contributed by atoms with E-state index in [2.05, 4.69) is 20.7 Å². The topological polar surface area (TPSA) is 135 Å². The lowest BCUT2D eigenvalue weighted by Crippen LogP contribution is -2.49. The molecule has 4 aromatic carbocycles. The van der Waals surface area contributed by atoms with Crippen molar-refractivity contribution in [3.05, 3.63) is 131 Å². The quantitative estimate of drug-likeness (QED) is 0.106. The van der Waals surface area contributed by atoms with Gasteiger partial charge in [-0.3, -0.25) is 23.9 Å². The van der Waals surface area contributed by atoms with Gasteiger partial charge in [-0.1, -0.05) is 78.4 Å². The molecule has 0 heterocycles. The summed E-state index contributed by atoms with van der Waals surface area (Å²) in [5.74, 6) is 0.213. The van der Waals surface area contributed by atoms with E-state index in [9.17, 15) is 19.2 Å². The van der Waals surface area contributed by atoms with E-state index in [0.29, 0.717) is 48.6 Å². The van der Waals surface area contributed by atoms with Crippen LogP contribution in [0.25, 0.3) is 0 Å². The molecule has 264 valence electrons. The predicted octanol–water partition coefficient (Wildman–Crippen LogP) is 5.93. The van der Waals surface area contributed by atoms with Gasteiger partial charge in [-0.25, -0.2) is 0 Å². The Morgan fingerprint density at radius 1 is 0.660 bits per heavy atom. The summed E-state index contributed by atoms with van der Waals surface area (Å²) in [5.41, 5.74) is 2.83. The lowest BCUT2D eigenvalue weighted by Gasteiger charge is -2.37. The Balaban J connectivity index is 1.55. The molecule has 50 heavy (non-hydrogen) atoms. The van der Waals surface area contributed by atoms with Gasteiger partial charge in [0.1, 0.15) is 17.5 Å². The first kappa shape index (κ1) is 37.9. The molecule has 0 aliphatic heterocycles. The van der Waals surface area contributed by atoms with Gasteiger partial charge in [-0.15, -0.1) is 0 Å². The maximum Gasteiger partial charge on any atom is 0.287 e. The zero-order valence-electron chi connectivity index (χ0n) is 28.5. The summed E-state index contributed by atoms with van der Waals surface area (Å²) in [5, 5.41) is 8.50. The van der Waals surface area contributed by atoms with E-state index in [0.717, 1.165) is 11.1 Å². The summed E-state index contributed by atoms with van der Waals surface area (Å²) in [6.07, 6.45) is 1.21. The van der Waals surface area contributed by atoms with Crippen LogP contribution in [0.5, 0.6) is 11.5 Å². The number of methoxy groups -OCH3 is 2. The number of carbonyl (C=O) groups is 4. The number of hydrogen-bond acceptors (Lipinski definition) is 7. The zero-order chi connectivity index (χ0) is 35.8. The van der Waals surface area contributed by atoms with Crippen LogP contribution in [0, 0.1) is 0 Å². The van der Waals surface area contributed by atoms with Gasteiger partial charge in [0.15, 0.2) is 0 Å². The van der Waals surface area contributed by atoms with Crippen LogP contribution in [-0.4, -0.2) is 67.8 Å². The number of hydrogen-bond donors (Lipinski definition) is 4. The van der Waals surface area contributed by atoms with Crippen LogP contribution in [0.1, 0.15) is 38.8 Å². The van der Waals surface area contributed by atoms with Gasteiger partial charge in [0, 0.05) is 35.7 Å². The lowest BCUT2D eigenvalue weighted by atomic mass is 10.1. The number of benzene rings is 4. The molecule has 10 nitrogen and oxygen atoms in total. The Morgan fingerprint density at radius 3 is 1.62 bits per heavy atom. The van der Waals surface area contributed by atoms with Crippen molar-refractivity contribution >= 4 is 43.0 Å². The first-order chi connectivity index (χ1) is 24.3. The Labute approximate surface area is 299 Å². The van der Waals surface area contributed by atoms with Gasteiger partial charge in [-0.05, 0) is 81.7 Å². The van der Waals surface area contributed by atoms with Gasteiger partial charge in [-0.2, -0.15) is 0 Å². The Kier molecular flexibility index (Phi) is 14.6. The minimum atomic E-state index is -2.64. The molecule has 4 rings (SSSR count). The van der Waals surface area contributed by atoms with E-state index in [1.165, 1.54) is 17.9 Å². The van der Waals surface area contributed by atoms with Crippen molar-refractivity contribution in [3.63, 3.8) is 0 Å². The Hall–Kier alpha value is -4.94. The van der Waals surface area contributed by atoms with E-state index >= 15 is 0 Å². The molecule has 0 saturated heterocycles. The van der Waals surface area contributed by atoms with E-state index in [4.69, 9.17) is 9.47 Å². The number of carbonyl (C=O) groups excluding carboxylic acids is 4. The number of amides is 4. The average Bonchev–Trinajstić information content (AvgIpc) is 3.16. The molecule has 0 saturated carbocycles. The van der Waals surface area contributed by atoms with Crippen LogP contribution in [0.3, 0.4) is 0 Å². The molecule has 0 aromatic heterocycles. The fourth-order valence-electron chi connectivity index (χ4n) is 4.89. The maximum absolute atomic E-state index is 14.0. The minimum absolute atomic E-state index is 0.0250. The van der Waals surface area contributed by atoms with Crippen molar-refractivity contribution in [3.8, 4) is 11.5 Å². The highest BCUT2D eigenvalue weighted by Gasteiger charge is 2.36. The van der Waals surface area contributed by atoms with Crippen LogP contribution in [0.15, 0.2) is 109 Å². The molecule has 4 N–H and O–H groups in total. The molecular weight excluding hydrogens is 673 g/mol. The standard InChI is InChI=1S/C38H44N4O6S2/c1-4-50(38(46)40-26-24-29-13-9-6-10-14-29,42-36(44)31-17-21-33(48-3)22-18-31)49-27-34(37(45)39-25-23-28-11-7-5-8-12-28)41-35(43)30-15-19-32(47-2)20-16-30/h5-22,34H,4,23-27H2,1-3H3,(H,39,45)(H,40,46)(H,41,43)(H,42,44). The lowest BCUT2D eigenvalue weighted by molar-refractivity contribution is -0.122. The number of nitrogens with one attached hydrogen (secondary N) is 4. The Morgan fingerprint density at radius 2 is 1.14 bits per heavy atom. The first-order valence-electron chi connectivity index (χ1n) is 16.3. The fraction of sp³-hybridized carbons (Fsp3) is 0.263. The summed E-state index contributed by atoms with van der Waals surface area (Å²) in [7, 11) is 1.62. The second kappa shape index (κ2) is 19.3. The molecule has 2 atom stereocenters. The Bertz CT molecular complexity index is 1690. The van der Waals surface area contributed by atoms with Gasteiger partial charge >= 0.3 is 0 Å². The largest absolute Gasteiger partial charge is 0.497 e. The van der Waals surface area contributed by atoms with Crippen LogP contribution >= 0.6 is 20.0 Å². The van der Waals surface area contributed by atoms with Crippen molar-refractivity contribution < 1.29 is 28.7 Å². The van der Waals surface area contributed by atoms with Crippen molar-refractivity contribution in [2.45, 2.75) is 25.8 Å².